The lowest BCUT2D eigenvalue weighted by Gasteiger charge is -2.26. The maximum Gasteiger partial charge on any atom is 0.116 e. The number of hydrogen-bond acceptors (Lipinski definition) is 3. The Morgan fingerprint density at radius 2 is 2.21 bits per heavy atom. The normalized spacial score (nSPS) is 18.1. The van der Waals surface area contributed by atoms with Gasteiger partial charge in [0.2, 0.25) is 0 Å². The molecule has 0 saturated heterocycles. The highest BCUT2D eigenvalue weighted by Gasteiger charge is 2.14. The molecule has 0 radical (unpaired) electrons. The van der Waals surface area contributed by atoms with Crippen molar-refractivity contribution in [2.75, 3.05) is 7.05 Å². The zero-order chi connectivity index (χ0) is 13.8. The molecule has 2 rings (SSSR count). The fraction of sp³-hybridized carbons (Fsp3) is 0.400. The Kier molecular flexibility index (Phi) is 4.61. The highest BCUT2D eigenvalue weighted by molar-refractivity contribution is 6.31. The summed E-state index contributed by atoms with van der Waals surface area (Å²) in [4.78, 5) is 6.31. The van der Waals surface area contributed by atoms with E-state index in [9.17, 15) is 0 Å². The average molecular weight is 278 g/mol. The minimum atomic E-state index is 0.117. The molecule has 1 aliphatic heterocycles. The Bertz CT molecular complexity index is 494. The molecule has 1 unspecified atom stereocenters. The van der Waals surface area contributed by atoms with Gasteiger partial charge in [0.1, 0.15) is 6.17 Å². The van der Waals surface area contributed by atoms with Crippen LogP contribution in [0.4, 0.5) is 0 Å². The van der Waals surface area contributed by atoms with E-state index in [0.717, 1.165) is 17.1 Å². The number of rotatable bonds is 4. The number of nitrogens with one attached hydrogen (secondary N) is 1. The van der Waals surface area contributed by atoms with Crippen LogP contribution >= 0.6 is 11.6 Å². The van der Waals surface area contributed by atoms with Crippen molar-refractivity contribution in [2.45, 2.75) is 32.5 Å². The molecule has 3 nitrogen and oxygen atoms in total. The van der Waals surface area contributed by atoms with Crippen LogP contribution < -0.4 is 5.32 Å². The molecule has 4 heteroatoms. The van der Waals surface area contributed by atoms with Crippen LogP contribution in [0.3, 0.4) is 0 Å². The van der Waals surface area contributed by atoms with Crippen LogP contribution in [-0.4, -0.2) is 24.3 Å². The van der Waals surface area contributed by atoms with Crippen LogP contribution in [0.1, 0.15) is 30.9 Å². The summed E-state index contributed by atoms with van der Waals surface area (Å²) in [6.07, 6.45) is 5.60. The first kappa shape index (κ1) is 14.1. The molecule has 1 aromatic rings. The van der Waals surface area contributed by atoms with E-state index in [0.29, 0.717) is 5.92 Å². The SMILES string of the molecule is CC(C)c1ccc(CN(C)C2C=NC=CN2)c(Cl)c1. The smallest absolute Gasteiger partial charge is 0.116 e. The highest BCUT2D eigenvalue weighted by atomic mass is 35.5. The van der Waals surface area contributed by atoms with E-state index in [1.165, 1.54) is 5.56 Å². The van der Waals surface area contributed by atoms with E-state index < -0.39 is 0 Å². The molecule has 1 heterocycles. The van der Waals surface area contributed by atoms with Crippen molar-refractivity contribution < 1.29 is 0 Å². The Hall–Kier alpha value is -1.32. The summed E-state index contributed by atoms with van der Waals surface area (Å²) >= 11 is 6.36. The lowest BCUT2D eigenvalue weighted by molar-refractivity contribution is 0.271. The van der Waals surface area contributed by atoms with Crippen LogP contribution in [0.2, 0.25) is 5.02 Å². The Morgan fingerprint density at radius 3 is 2.79 bits per heavy atom. The maximum atomic E-state index is 6.36. The molecule has 0 amide bonds. The van der Waals surface area contributed by atoms with Crippen molar-refractivity contribution >= 4 is 17.8 Å². The van der Waals surface area contributed by atoms with Crippen LogP contribution in [0, 0.1) is 0 Å². The van der Waals surface area contributed by atoms with Gasteiger partial charge in [-0.25, -0.2) is 0 Å². The zero-order valence-electron chi connectivity index (χ0n) is 11.6. The Balaban J connectivity index is 2.06. The fourth-order valence-corrected chi connectivity index (χ4v) is 2.27. The summed E-state index contributed by atoms with van der Waals surface area (Å²) in [7, 11) is 2.05. The van der Waals surface area contributed by atoms with E-state index in [1.54, 1.807) is 6.20 Å². The fourth-order valence-electron chi connectivity index (χ4n) is 2.02. The third kappa shape index (κ3) is 3.58. The van der Waals surface area contributed by atoms with E-state index in [4.69, 9.17) is 11.6 Å². The van der Waals surface area contributed by atoms with Gasteiger partial charge in [-0.3, -0.25) is 9.89 Å². The van der Waals surface area contributed by atoms with E-state index >= 15 is 0 Å². The lowest BCUT2D eigenvalue weighted by atomic mass is 10.0. The number of nitrogens with zero attached hydrogens (tertiary/aromatic N) is 2. The molecule has 0 bridgehead atoms. The molecule has 0 saturated carbocycles. The van der Waals surface area contributed by atoms with Crippen molar-refractivity contribution in [3.8, 4) is 0 Å². The molecule has 1 N–H and O–H groups in total. The van der Waals surface area contributed by atoms with Crippen molar-refractivity contribution in [3.05, 3.63) is 46.7 Å². The van der Waals surface area contributed by atoms with E-state index in [1.807, 2.05) is 12.4 Å². The second-order valence-electron chi connectivity index (χ2n) is 5.15. The maximum absolute atomic E-state index is 6.36. The van der Waals surface area contributed by atoms with E-state index in [-0.39, 0.29) is 6.17 Å². The first-order valence-electron chi connectivity index (χ1n) is 6.51. The Morgan fingerprint density at radius 1 is 1.42 bits per heavy atom. The molecule has 1 atom stereocenters. The summed E-state index contributed by atoms with van der Waals surface area (Å²) in [5.41, 5.74) is 2.41. The lowest BCUT2D eigenvalue weighted by Crippen LogP contribution is -2.42. The zero-order valence-corrected chi connectivity index (χ0v) is 12.4. The largest absolute Gasteiger partial charge is 0.370 e. The summed E-state index contributed by atoms with van der Waals surface area (Å²) in [5.74, 6) is 0.501. The summed E-state index contributed by atoms with van der Waals surface area (Å²) < 4.78 is 0. The first-order valence-corrected chi connectivity index (χ1v) is 6.88. The second kappa shape index (κ2) is 6.22. The molecule has 1 aromatic carbocycles. The number of halogens is 1. The molecule has 19 heavy (non-hydrogen) atoms. The molecule has 1 aliphatic rings. The number of benzene rings is 1. The predicted octanol–water partition coefficient (Wildman–Crippen LogP) is 3.37. The monoisotopic (exact) mass is 277 g/mol. The average Bonchev–Trinajstić information content (AvgIpc) is 2.41. The van der Waals surface area contributed by atoms with Gasteiger partial charge in [-0.15, -0.1) is 0 Å². The van der Waals surface area contributed by atoms with Gasteiger partial charge >= 0.3 is 0 Å². The van der Waals surface area contributed by atoms with E-state index in [2.05, 4.69) is 54.3 Å². The standard InChI is InChI=1S/C15H20ClN3/c1-11(2)12-4-5-13(14(16)8-12)10-19(3)15-9-17-6-7-18-15/h4-9,11,15,18H,10H2,1-3H3. The van der Waals surface area contributed by atoms with Crippen LogP contribution in [0.5, 0.6) is 0 Å². The topological polar surface area (TPSA) is 27.6 Å². The van der Waals surface area contributed by atoms with Crippen molar-refractivity contribution in [3.63, 3.8) is 0 Å². The van der Waals surface area contributed by atoms with Gasteiger partial charge in [0.05, 0.1) is 0 Å². The molecular formula is C15H20ClN3. The minimum Gasteiger partial charge on any atom is -0.370 e. The second-order valence-corrected chi connectivity index (χ2v) is 5.55. The quantitative estimate of drug-likeness (QED) is 0.914. The summed E-state index contributed by atoms with van der Waals surface area (Å²) in [5, 5.41) is 4.08. The molecule has 0 fully saturated rings. The van der Waals surface area contributed by atoms with Crippen molar-refractivity contribution in [1.29, 1.82) is 0 Å². The van der Waals surface area contributed by atoms with Gasteiger partial charge in [0.25, 0.3) is 0 Å². The van der Waals surface area contributed by atoms with Crippen LogP contribution in [0.25, 0.3) is 0 Å². The molecule has 0 aliphatic carbocycles. The molecular weight excluding hydrogens is 258 g/mol. The van der Waals surface area contributed by atoms with Crippen LogP contribution in [0.15, 0.2) is 35.6 Å². The minimum absolute atomic E-state index is 0.117. The van der Waals surface area contributed by atoms with Gasteiger partial charge in [-0.2, -0.15) is 0 Å². The van der Waals surface area contributed by atoms with Crippen molar-refractivity contribution in [1.82, 2.24) is 10.2 Å². The number of hydrogen-bond donors (Lipinski definition) is 1. The van der Waals surface area contributed by atoms with Gasteiger partial charge in [0, 0.05) is 30.2 Å². The first-order chi connectivity index (χ1) is 9.08. The highest BCUT2D eigenvalue weighted by Crippen LogP contribution is 2.24. The van der Waals surface area contributed by atoms with Crippen LogP contribution in [-0.2, 0) is 6.54 Å². The van der Waals surface area contributed by atoms with Gasteiger partial charge in [-0.1, -0.05) is 37.6 Å². The molecule has 0 spiro atoms. The predicted molar refractivity (Wildman–Crippen MR) is 81.6 cm³/mol. The third-order valence-corrected chi connectivity index (χ3v) is 3.65. The summed E-state index contributed by atoms with van der Waals surface area (Å²) in [6.45, 7) is 5.13. The number of aliphatic imine (C=N–C) groups is 1. The summed E-state index contributed by atoms with van der Waals surface area (Å²) in [6, 6.07) is 6.34. The third-order valence-electron chi connectivity index (χ3n) is 3.29. The molecule has 0 aromatic heterocycles. The van der Waals surface area contributed by atoms with Gasteiger partial charge in [-0.05, 0) is 30.2 Å². The Labute approximate surface area is 120 Å². The van der Waals surface area contributed by atoms with Gasteiger partial charge < -0.3 is 5.32 Å². The van der Waals surface area contributed by atoms with Crippen molar-refractivity contribution in [2.24, 2.45) is 4.99 Å². The molecule has 102 valence electrons. The van der Waals surface area contributed by atoms with Gasteiger partial charge in [0.15, 0.2) is 0 Å².